The van der Waals surface area contributed by atoms with Crippen LogP contribution in [0.4, 0.5) is 0 Å². The fourth-order valence-electron chi connectivity index (χ4n) is 2.44. The molecule has 0 spiro atoms. The molecule has 0 aromatic heterocycles. The van der Waals surface area contributed by atoms with Crippen molar-refractivity contribution in [3.05, 3.63) is 89.5 Å². The Morgan fingerprint density at radius 2 is 1.28 bits per heavy atom. The van der Waals surface area contributed by atoms with E-state index in [0.29, 0.717) is 30.0 Å². The van der Waals surface area contributed by atoms with Crippen LogP contribution >= 0.6 is 15.9 Å². The van der Waals surface area contributed by atoms with Crippen molar-refractivity contribution in [3.8, 4) is 17.2 Å². The Labute approximate surface area is 156 Å². The topological polar surface area (TPSA) is 38.7 Å². The summed E-state index contributed by atoms with van der Waals surface area (Å²) in [7, 11) is 0. The number of benzene rings is 3. The second-order valence-electron chi connectivity index (χ2n) is 5.62. The van der Waals surface area contributed by atoms with Crippen LogP contribution in [0.3, 0.4) is 0 Å². The number of rotatable bonds is 7. The summed E-state index contributed by atoms with van der Waals surface area (Å²) in [5.74, 6) is 0.981. The van der Waals surface area contributed by atoms with Crippen LogP contribution in [0.15, 0.2) is 72.8 Å². The van der Waals surface area contributed by atoms with Crippen LogP contribution < -0.4 is 9.47 Å². The van der Waals surface area contributed by atoms with Gasteiger partial charge in [0.1, 0.15) is 13.2 Å². The molecule has 0 bridgehead atoms. The lowest BCUT2D eigenvalue weighted by atomic mass is 10.2. The molecule has 0 fully saturated rings. The van der Waals surface area contributed by atoms with Crippen molar-refractivity contribution >= 4 is 15.9 Å². The van der Waals surface area contributed by atoms with Crippen molar-refractivity contribution in [1.82, 2.24) is 0 Å². The van der Waals surface area contributed by atoms with E-state index in [1.165, 1.54) is 0 Å². The Bertz CT molecular complexity index is 804. The van der Waals surface area contributed by atoms with Crippen LogP contribution in [-0.2, 0) is 18.5 Å². The molecule has 0 saturated heterocycles. The highest BCUT2D eigenvalue weighted by Gasteiger charge is 2.14. The second kappa shape index (κ2) is 8.58. The van der Waals surface area contributed by atoms with Gasteiger partial charge >= 0.3 is 0 Å². The molecule has 3 aromatic carbocycles. The minimum Gasteiger partial charge on any atom is -0.504 e. The summed E-state index contributed by atoms with van der Waals surface area (Å²) >= 11 is 3.41. The number of phenols is 1. The van der Waals surface area contributed by atoms with E-state index in [2.05, 4.69) is 15.9 Å². The lowest BCUT2D eigenvalue weighted by Gasteiger charge is -2.15. The second-order valence-corrected chi connectivity index (χ2v) is 6.19. The summed E-state index contributed by atoms with van der Waals surface area (Å²) in [6.07, 6.45) is 0. The lowest BCUT2D eigenvalue weighted by molar-refractivity contribution is 0.245. The third-order valence-corrected chi connectivity index (χ3v) is 4.36. The molecule has 3 aromatic rings. The Hall–Kier alpha value is -2.46. The van der Waals surface area contributed by atoms with E-state index in [1.807, 2.05) is 66.7 Å². The van der Waals surface area contributed by atoms with Gasteiger partial charge in [-0.15, -0.1) is 0 Å². The average molecular weight is 399 g/mol. The molecule has 0 aliphatic rings. The van der Waals surface area contributed by atoms with Crippen molar-refractivity contribution in [1.29, 1.82) is 0 Å². The first kappa shape index (κ1) is 17.4. The molecule has 0 radical (unpaired) electrons. The van der Waals surface area contributed by atoms with Crippen molar-refractivity contribution in [3.63, 3.8) is 0 Å². The molecular weight excluding hydrogens is 380 g/mol. The monoisotopic (exact) mass is 398 g/mol. The molecular formula is C21H19BrO3. The first-order valence-corrected chi connectivity index (χ1v) is 9.13. The third kappa shape index (κ3) is 4.77. The standard InChI is InChI=1S/C21H19BrO3/c22-13-18-11-19(23)21(25-15-17-9-5-2-6-10-17)20(12-18)24-14-16-7-3-1-4-8-16/h1-12,23H,13-15H2. The summed E-state index contributed by atoms with van der Waals surface area (Å²) in [6, 6.07) is 23.3. The zero-order chi connectivity index (χ0) is 17.5. The highest BCUT2D eigenvalue weighted by atomic mass is 79.9. The van der Waals surface area contributed by atoms with E-state index in [4.69, 9.17) is 9.47 Å². The Balaban J connectivity index is 1.80. The SMILES string of the molecule is Oc1cc(CBr)cc(OCc2ccccc2)c1OCc1ccccc1. The molecule has 25 heavy (non-hydrogen) atoms. The van der Waals surface area contributed by atoms with E-state index < -0.39 is 0 Å². The van der Waals surface area contributed by atoms with Gasteiger partial charge in [0.15, 0.2) is 11.5 Å². The highest BCUT2D eigenvalue weighted by Crippen LogP contribution is 2.39. The van der Waals surface area contributed by atoms with Crippen molar-refractivity contribution in [2.75, 3.05) is 0 Å². The quantitative estimate of drug-likeness (QED) is 0.538. The minimum atomic E-state index is 0.0796. The number of aromatic hydroxyl groups is 1. The molecule has 0 aliphatic carbocycles. The van der Waals surface area contributed by atoms with Crippen molar-refractivity contribution in [2.45, 2.75) is 18.5 Å². The van der Waals surface area contributed by atoms with Crippen LogP contribution in [0.5, 0.6) is 17.2 Å². The normalized spacial score (nSPS) is 10.4. The summed E-state index contributed by atoms with van der Waals surface area (Å²) in [5.41, 5.74) is 3.01. The smallest absolute Gasteiger partial charge is 0.203 e. The van der Waals surface area contributed by atoms with Gasteiger partial charge in [-0.3, -0.25) is 0 Å². The predicted octanol–water partition coefficient (Wildman–Crippen LogP) is 5.45. The fraction of sp³-hybridized carbons (Fsp3) is 0.143. The van der Waals surface area contributed by atoms with Crippen molar-refractivity contribution in [2.24, 2.45) is 0 Å². The summed E-state index contributed by atoms with van der Waals surface area (Å²) in [4.78, 5) is 0. The summed E-state index contributed by atoms with van der Waals surface area (Å²) in [6.45, 7) is 0.775. The van der Waals surface area contributed by atoms with Gasteiger partial charge in [0.25, 0.3) is 0 Å². The molecule has 128 valence electrons. The Morgan fingerprint density at radius 1 is 0.720 bits per heavy atom. The molecule has 0 atom stereocenters. The van der Waals surface area contributed by atoms with Gasteiger partial charge in [0.2, 0.25) is 5.75 Å². The van der Waals surface area contributed by atoms with Gasteiger partial charge < -0.3 is 14.6 Å². The van der Waals surface area contributed by atoms with Gasteiger partial charge in [-0.1, -0.05) is 76.6 Å². The molecule has 1 N–H and O–H groups in total. The van der Waals surface area contributed by atoms with Crippen LogP contribution in [0.1, 0.15) is 16.7 Å². The Morgan fingerprint density at radius 3 is 1.84 bits per heavy atom. The predicted molar refractivity (Wildman–Crippen MR) is 102 cm³/mol. The highest BCUT2D eigenvalue weighted by molar-refractivity contribution is 9.08. The molecule has 0 heterocycles. The molecule has 3 rings (SSSR count). The molecule has 3 nitrogen and oxygen atoms in total. The molecule has 0 unspecified atom stereocenters. The van der Waals surface area contributed by atoms with Gasteiger partial charge in [0.05, 0.1) is 0 Å². The maximum absolute atomic E-state index is 10.4. The summed E-state index contributed by atoms with van der Waals surface area (Å²) < 4.78 is 11.8. The van der Waals surface area contributed by atoms with Gasteiger partial charge in [-0.2, -0.15) is 0 Å². The largest absolute Gasteiger partial charge is 0.504 e. The van der Waals surface area contributed by atoms with Crippen LogP contribution in [-0.4, -0.2) is 5.11 Å². The van der Waals surface area contributed by atoms with E-state index in [9.17, 15) is 5.11 Å². The first-order valence-electron chi connectivity index (χ1n) is 8.01. The van der Waals surface area contributed by atoms with Gasteiger partial charge in [-0.05, 0) is 28.8 Å². The van der Waals surface area contributed by atoms with Crippen LogP contribution in [0.25, 0.3) is 0 Å². The number of hydrogen-bond donors (Lipinski definition) is 1. The maximum atomic E-state index is 10.4. The number of hydrogen-bond acceptors (Lipinski definition) is 3. The zero-order valence-electron chi connectivity index (χ0n) is 13.7. The molecule has 0 amide bonds. The van der Waals surface area contributed by atoms with E-state index >= 15 is 0 Å². The lowest BCUT2D eigenvalue weighted by Crippen LogP contribution is -2.01. The van der Waals surface area contributed by atoms with Gasteiger partial charge in [0, 0.05) is 5.33 Å². The minimum absolute atomic E-state index is 0.0796. The fourth-order valence-corrected chi connectivity index (χ4v) is 2.76. The average Bonchev–Trinajstić information content (AvgIpc) is 2.67. The molecule has 0 aliphatic heterocycles. The number of alkyl halides is 1. The van der Waals surface area contributed by atoms with E-state index in [0.717, 1.165) is 16.7 Å². The van der Waals surface area contributed by atoms with E-state index in [1.54, 1.807) is 6.07 Å². The molecule has 0 saturated carbocycles. The molecule has 4 heteroatoms. The zero-order valence-corrected chi connectivity index (χ0v) is 15.3. The Kier molecular flexibility index (Phi) is 5.96. The number of phenolic OH excluding ortho intramolecular Hbond substituents is 1. The number of ether oxygens (including phenoxy) is 2. The van der Waals surface area contributed by atoms with Crippen LogP contribution in [0.2, 0.25) is 0 Å². The maximum Gasteiger partial charge on any atom is 0.203 e. The summed E-state index contributed by atoms with van der Waals surface area (Å²) in [5, 5.41) is 11.0. The van der Waals surface area contributed by atoms with Crippen LogP contribution in [0, 0.1) is 0 Å². The van der Waals surface area contributed by atoms with Crippen molar-refractivity contribution < 1.29 is 14.6 Å². The third-order valence-electron chi connectivity index (χ3n) is 3.71. The first-order chi connectivity index (χ1) is 12.3. The van der Waals surface area contributed by atoms with E-state index in [-0.39, 0.29) is 5.75 Å². The number of halogens is 1. The van der Waals surface area contributed by atoms with Gasteiger partial charge in [-0.25, -0.2) is 0 Å².